The van der Waals surface area contributed by atoms with Gasteiger partial charge in [-0.2, -0.15) is 0 Å². The third-order valence-corrected chi connectivity index (χ3v) is 4.38. The van der Waals surface area contributed by atoms with Gasteiger partial charge in [0.15, 0.2) is 0 Å². The molecule has 2 fully saturated rings. The second-order valence-corrected chi connectivity index (χ2v) is 5.50. The lowest BCUT2D eigenvalue weighted by Crippen LogP contribution is -2.40. The molecule has 2 aliphatic rings. The Bertz CT molecular complexity index is 222. The largest absolute Gasteiger partial charge is 0.381 e. The molecule has 3 heteroatoms. The minimum atomic E-state index is 0.475. The minimum absolute atomic E-state index is 0.475. The molecule has 4 atom stereocenters. The molecule has 0 aromatic carbocycles. The molecule has 100 valence electrons. The molecule has 4 unspecified atom stereocenters. The van der Waals surface area contributed by atoms with E-state index in [1.165, 1.54) is 32.1 Å². The van der Waals surface area contributed by atoms with Crippen molar-refractivity contribution < 1.29 is 9.47 Å². The van der Waals surface area contributed by atoms with Gasteiger partial charge in [0.25, 0.3) is 0 Å². The Hall–Kier alpha value is -0.120. The Balaban J connectivity index is 1.70. The van der Waals surface area contributed by atoms with Gasteiger partial charge in [-0.1, -0.05) is 6.92 Å². The van der Waals surface area contributed by atoms with E-state index in [1.54, 1.807) is 0 Å². The molecule has 1 aliphatic carbocycles. The van der Waals surface area contributed by atoms with E-state index < -0.39 is 0 Å². The first-order valence-corrected chi connectivity index (χ1v) is 7.21. The molecule has 1 saturated carbocycles. The summed E-state index contributed by atoms with van der Waals surface area (Å²) in [7, 11) is 1.84. The molecule has 0 aromatic heterocycles. The van der Waals surface area contributed by atoms with E-state index >= 15 is 0 Å². The maximum Gasteiger partial charge on any atom is 0.0613 e. The topological polar surface area (TPSA) is 30.5 Å². The molecule has 1 N–H and O–H groups in total. The molecule has 17 heavy (non-hydrogen) atoms. The lowest BCUT2D eigenvalue weighted by atomic mass is 9.91. The zero-order chi connectivity index (χ0) is 12.1. The van der Waals surface area contributed by atoms with E-state index in [0.717, 1.165) is 25.5 Å². The maximum atomic E-state index is 5.73. The zero-order valence-electron chi connectivity index (χ0n) is 11.3. The van der Waals surface area contributed by atoms with Crippen molar-refractivity contribution in [3.05, 3.63) is 0 Å². The molecule has 1 aliphatic heterocycles. The van der Waals surface area contributed by atoms with Crippen LogP contribution in [0, 0.1) is 5.92 Å². The average molecular weight is 241 g/mol. The highest BCUT2D eigenvalue weighted by atomic mass is 16.5. The van der Waals surface area contributed by atoms with E-state index in [1.807, 2.05) is 7.11 Å². The fourth-order valence-corrected chi connectivity index (χ4v) is 3.24. The molecular formula is C14H27NO2. The van der Waals surface area contributed by atoms with Crippen molar-refractivity contribution in [2.45, 2.75) is 63.7 Å². The number of nitrogens with one attached hydrogen (secondary N) is 1. The van der Waals surface area contributed by atoms with Crippen LogP contribution in [0.2, 0.25) is 0 Å². The zero-order valence-corrected chi connectivity index (χ0v) is 11.3. The van der Waals surface area contributed by atoms with Gasteiger partial charge in [-0.05, 0) is 44.4 Å². The second kappa shape index (κ2) is 6.72. The smallest absolute Gasteiger partial charge is 0.0613 e. The molecule has 0 spiro atoms. The summed E-state index contributed by atoms with van der Waals surface area (Å²) in [5.74, 6) is 0.725. The van der Waals surface area contributed by atoms with E-state index in [2.05, 4.69) is 12.2 Å². The monoisotopic (exact) mass is 241 g/mol. The first kappa shape index (κ1) is 13.3. The molecule has 0 amide bonds. The average Bonchev–Trinajstić information content (AvgIpc) is 2.84. The summed E-state index contributed by atoms with van der Waals surface area (Å²) < 4.78 is 11.2. The first-order chi connectivity index (χ1) is 8.33. The normalized spacial score (nSPS) is 38.5. The highest BCUT2D eigenvalue weighted by Gasteiger charge is 2.28. The molecule has 0 aromatic rings. The molecule has 2 rings (SSSR count). The van der Waals surface area contributed by atoms with Crippen molar-refractivity contribution >= 4 is 0 Å². The number of methoxy groups -OCH3 is 1. The summed E-state index contributed by atoms with van der Waals surface area (Å²) in [6.07, 6.45) is 8.37. The summed E-state index contributed by atoms with van der Waals surface area (Å²) in [4.78, 5) is 0. The van der Waals surface area contributed by atoms with Crippen molar-refractivity contribution in [3.8, 4) is 0 Å². The van der Waals surface area contributed by atoms with Crippen LogP contribution >= 0.6 is 0 Å². The van der Waals surface area contributed by atoms with Crippen LogP contribution in [0.1, 0.15) is 45.4 Å². The van der Waals surface area contributed by atoms with Crippen LogP contribution in [-0.4, -0.2) is 38.5 Å². The van der Waals surface area contributed by atoms with Crippen molar-refractivity contribution in [2.75, 3.05) is 20.3 Å². The van der Waals surface area contributed by atoms with Gasteiger partial charge in [-0.25, -0.2) is 0 Å². The third-order valence-electron chi connectivity index (χ3n) is 4.38. The highest BCUT2D eigenvalue weighted by molar-refractivity contribution is 4.82. The molecule has 1 heterocycles. The van der Waals surface area contributed by atoms with Gasteiger partial charge >= 0.3 is 0 Å². The van der Waals surface area contributed by atoms with Gasteiger partial charge in [0.2, 0.25) is 0 Å². The van der Waals surface area contributed by atoms with Crippen LogP contribution < -0.4 is 5.32 Å². The molecule has 0 bridgehead atoms. The predicted octanol–water partition coefficient (Wildman–Crippen LogP) is 2.35. The molecule has 0 radical (unpaired) electrons. The Kier molecular flexibility index (Phi) is 5.26. The van der Waals surface area contributed by atoms with Gasteiger partial charge < -0.3 is 14.8 Å². The summed E-state index contributed by atoms with van der Waals surface area (Å²) >= 11 is 0. The Morgan fingerprint density at radius 1 is 1.29 bits per heavy atom. The van der Waals surface area contributed by atoms with Crippen LogP contribution in [0.15, 0.2) is 0 Å². The molecular weight excluding hydrogens is 214 g/mol. The lowest BCUT2D eigenvalue weighted by Gasteiger charge is -2.30. The van der Waals surface area contributed by atoms with E-state index in [4.69, 9.17) is 9.47 Å². The fourth-order valence-electron chi connectivity index (χ4n) is 3.24. The van der Waals surface area contributed by atoms with Crippen LogP contribution in [0.5, 0.6) is 0 Å². The first-order valence-electron chi connectivity index (χ1n) is 7.21. The van der Waals surface area contributed by atoms with Gasteiger partial charge in [0, 0.05) is 26.3 Å². The van der Waals surface area contributed by atoms with Crippen LogP contribution in [0.3, 0.4) is 0 Å². The summed E-state index contributed by atoms with van der Waals surface area (Å²) in [6, 6.07) is 0.659. The Morgan fingerprint density at radius 2 is 2.18 bits per heavy atom. The summed E-state index contributed by atoms with van der Waals surface area (Å²) in [5.41, 5.74) is 0. The van der Waals surface area contributed by atoms with Crippen molar-refractivity contribution in [3.63, 3.8) is 0 Å². The van der Waals surface area contributed by atoms with Gasteiger partial charge in [-0.15, -0.1) is 0 Å². The number of hydrogen-bond acceptors (Lipinski definition) is 3. The van der Waals surface area contributed by atoms with Crippen LogP contribution in [-0.2, 0) is 9.47 Å². The summed E-state index contributed by atoms with van der Waals surface area (Å²) in [6.45, 7) is 4.31. The van der Waals surface area contributed by atoms with Crippen molar-refractivity contribution in [1.29, 1.82) is 0 Å². The van der Waals surface area contributed by atoms with Crippen molar-refractivity contribution in [1.82, 2.24) is 5.32 Å². The van der Waals surface area contributed by atoms with Crippen molar-refractivity contribution in [2.24, 2.45) is 5.92 Å². The van der Waals surface area contributed by atoms with E-state index in [0.29, 0.717) is 18.2 Å². The lowest BCUT2D eigenvalue weighted by molar-refractivity contribution is 0.0556. The van der Waals surface area contributed by atoms with E-state index in [-0.39, 0.29) is 0 Å². The Labute approximate surface area is 105 Å². The quantitative estimate of drug-likeness (QED) is 0.801. The van der Waals surface area contributed by atoms with E-state index in [9.17, 15) is 0 Å². The van der Waals surface area contributed by atoms with Gasteiger partial charge in [0.05, 0.1) is 12.2 Å². The minimum Gasteiger partial charge on any atom is -0.381 e. The fraction of sp³-hybridized carbons (Fsp3) is 1.00. The van der Waals surface area contributed by atoms with Gasteiger partial charge in [0.1, 0.15) is 0 Å². The van der Waals surface area contributed by atoms with Crippen LogP contribution in [0.4, 0.5) is 0 Å². The second-order valence-electron chi connectivity index (χ2n) is 5.50. The Morgan fingerprint density at radius 3 is 2.94 bits per heavy atom. The standard InChI is InChI=1S/C14H27NO2/c1-3-14-11(7-8-17-14)10-15-12-5-4-6-13(9-12)16-2/h11-15H,3-10H2,1-2H3. The molecule has 1 saturated heterocycles. The highest BCUT2D eigenvalue weighted by Crippen LogP contribution is 2.24. The molecule has 3 nitrogen and oxygen atoms in total. The van der Waals surface area contributed by atoms with Gasteiger partial charge in [-0.3, -0.25) is 0 Å². The van der Waals surface area contributed by atoms with Crippen LogP contribution in [0.25, 0.3) is 0 Å². The maximum absolute atomic E-state index is 5.73. The predicted molar refractivity (Wildman–Crippen MR) is 69.2 cm³/mol. The number of ether oxygens (including phenoxy) is 2. The SMILES string of the molecule is CCC1OCCC1CNC1CCCC(OC)C1. The number of hydrogen-bond donors (Lipinski definition) is 1. The summed E-state index contributed by atoms with van der Waals surface area (Å²) in [5, 5.41) is 3.73. The number of rotatable bonds is 5. The third kappa shape index (κ3) is 3.67.